The Balaban J connectivity index is 2.18. The summed E-state index contributed by atoms with van der Waals surface area (Å²) in [5, 5.41) is 8.78. The van der Waals surface area contributed by atoms with Gasteiger partial charge < -0.3 is 9.47 Å². The molecule has 108 valence electrons. The summed E-state index contributed by atoms with van der Waals surface area (Å²) in [6, 6.07) is 12.2. The normalized spacial score (nSPS) is 10.8. The second-order valence-electron chi connectivity index (χ2n) is 3.88. The molecule has 0 bridgehead atoms. The maximum atomic E-state index is 12.1. The maximum absolute atomic E-state index is 12.1. The van der Waals surface area contributed by atoms with Gasteiger partial charge in [-0.05, 0) is 52.3 Å². The highest BCUT2D eigenvalue weighted by Gasteiger charge is 2.32. The topological polar surface area (TPSA) is 42.2 Å². The zero-order valence-corrected chi connectivity index (χ0v) is 11.9. The first-order valence-corrected chi connectivity index (χ1v) is 6.40. The lowest BCUT2D eigenvalue weighted by atomic mass is 10.2. The van der Waals surface area contributed by atoms with Gasteiger partial charge >= 0.3 is 6.36 Å². The first-order valence-electron chi connectivity index (χ1n) is 5.61. The van der Waals surface area contributed by atoms with Crippen LogP contribution in [-0.2, 0) is 0 Å². The van der Waals surface area contributed by atoms with Crippen LogP contribution in [0.15, 0.2) is 46.9 Å². The van der Waals surface area contributed by atoms with E-state index in [1.807, 2.05) is 6.07 Å². The third-order valence-corrected chi connectivity index (χ3v) is 2.95. The maximum Gasteiger partial charge on any atom is 0.573 e. The van der Waals surface area contributed by atoms with Crippen LogP contribution in [0.5, 0.6) is 17.2 Å². The van der Waals surface area contributed by atoms with Crippen molar-refractivity contribution in [3.63, 3.8) is 0 Å². The van der Waals surface area contributed by atoms with E-state index in [2.05, 4.69) is 20.7 Å². The molecule has 0 amide bonds. The quantitative estimate of drug-likeness (QED) is 0.775. The summed E-state index contributed by atoms with van der Waals surface area (Å²) < 4.78 is 45.8. The third kappa shape index (κ3) is 4.39. The number of nitriles is 1. The predicted octanol–water partition coefficient (Wildman–Crippen LogP) is 5.01. The van der Waals surface area contributed by atoms with E-state index in [0.717, 1.165) is 6.07 Å². The number of alkyl halides is 3. The number of rotatable bonds is 3. The van der Waals surface area contributed by atoms with Crippen molar-refractivity contribution < 1.29 is 22.6 Å². The molecule has 0 aliphatic carbocycles. The molecule has 21 heavy (non-hydrogen) atoms. The minimum absolute atomic E-state index is 0.105. The van der Waals surface area contributed by atoms with E-state index in [-0.39, 0.29) is 10.2 Å². The average molecular weight is 358 g/mol. The van der Waals surface area contributed by atoms with Gasteiger partial charge in [-0.15, -0.1) is 13.2 Å². The lowest BCUT2D eigenvalue weighted by Crippen LogP contribution is -2.17. The SMILES string of the molecule is N#Cc1cccc(Oc2ccc(OC(F)(F)F)c(Br)c2)c1. The molecule has 0 radical (unpaired) electrons. The summed E-state index contributed by atoms with van der Waals surface area (Å²) in [4.78, 5) is 0. The first kappa shape index (κ1) is 15.2. The Morgan fingerprint density at radius 2 is 1.76 bits per heavy atom. The lowest BCUT2D eigenvalue weighted by molar-refractivity contribution is -0.274. The fourth-order valence-corrected chi connectivity index (χ4v) is 1.96. The molecule has 0 N–H and O–H groups in total. The largest absolute Gasteiger partial charge is 0.573 e. The number of nitrogens with zero attached hydrogens (tertiary/aromatic N) is 1. The van der Waals surface area contributed by atoms with Gasteiger partial charge in [-0.25, -0.2) is 0 Å². The molecular weight excluding hydrogens is 351 g/mol. The first-order chi connectivity index (χ1) is 9.87. The van der Waals surface area contributed by atoms with Crippen LogP contribution < -0.4 is 9.47 Å². The second-order valence-corrected chi connectivity index (χ2v) is 4.74. The van der Waals surface area contributed by atoms with Gasteiger partial charge in [0.1, 0.15) is 17.2 Å². The van der Waals surface area contributed by atoms with Gasteiger partial charge in [0.05, 0.1) is 16.1 Å². The highest BCUT2D eigenvalue weighted by atomic mass is 79.9. The number of hydrogen-bond acceptors (Lipinski definition) is 3. The molecule has 0 saturated carbocycles. The minimum Gasteiger partial charge on any atom is -0.457 e. The Morgan fingerprint density at radius 3 is 2.38 bits per heavy atom. The molecule has 0 heterocycles. The Hall–Kier alpha value is -2.20. The Morgan fingerprint density at radius 1 is 1.05 bits per heavy atom. The van der Waals surface area contributed by atoms with E-state index in [9.17, 15) is 13.2 Å². The molecule has 0 atom stereocenters. The molecule has 0 aromatic heterocycles. The standard InChI is InChI=1S/C14H7BrF3NO2/c15-12-7-11(4-5-13(12)21-14(16,17)18)20-10-3-1-2-9(6-10)8-19/h1-7H. The summed E-state index contributed by atoms with van der Waals surface area (Å²) in [6.45, 7) is 0. The molecule has 0 aliphatic rings. The molecule has 0 aliphatic heterocycles. The van der Waals surface area contributed by atoms with Crippen molar-refractivity contribution in [1.82, 2.24) is 0 Å². The number of benzene rings is 2. The van der Waals surface area contributed by atoms with Gasteiger partial charge in [0.25, 0.3) is 0 Å². The fraction of sp³-hybridized carbons (Fsp3) is 0.0714. The van der Waals surface area contributed by atoms with E-state index in [0.29, 0.717) is 17.1 Å². The number of ether oxygens (including phenoxy) is 2. The molecule has 2 aromatic carbocycles. The van der Waals surface area contributed by atoms with Crippen molar-refractivity contribution in [2.45, 2.75) is 6.36 Å². The molecule has 2 rings (SSSR count). The smallest absolute Gasteiger partial charge is 0.457 e. The van der Waals surface area contributed by atoms with Crippen molar-refractivity contribution in [2.24, 2.45) is 0 Å². The Kier molecular flexibility index (Phi) is 4.38. The van der Waals surface area contributed by atoms with E-state index >= 15 is 0 Å². The third-order valence-electron chi connectivity index (χ3n) is 2.33. The summed E-state index contributed by atoms with van der Waals surface area (Å²) in [5.74, 6) is 0.359. The van der Waals surface area contributed by atoms with Gasteiger partial charge in [0, 0.05) is 0 Å². The highest BCUT2D eigenvalue weighted by molar-refractivity contribution is 9.10. The monoisotopic (exact) mass is 357 g/mol. The van der Waals surface area contributed by atoms with Gasteiger partial charge in [-0.1, -0.05) is 6.07 Å². The molecule has 2 aromatic rings. The van der Waals surface area contributed by atoms with Crippen LogP contribution in [0.1, 0.15) is 5.56 Å². The van der Waals surface area contributed by atoms with Gasteiger partial charge in [0.15, 0.2) is 0 Å². The second kappa shape index (κ2) is 6.06. The summed E-state index contributed by atoms with van der Waals surface area (Å²) in [7, 11) is 0. The van der Waals surface area contributed by atoms with Gasteiger partial charge in [-0.3, -0.25) is 0 Å². The lowest BCUT2D eigenvalue weighted by Gasteiger charge is -2.12. The van der Waals surface area contributed by atoms with Crippen LogP contribution in [0.2, 0.25) is 0 Å². The molecule has 0 fully saturated rings. The van der Waals surface area contributed by atoms with E-state index in [1.54, 1.807) is 18.2 Å². The predicted molar refractivity (Wildman–Crippen MR) is 72.1 cm³/mol. The van der Waals surface area contributed by atoms with Crippen molar-refractivity contribution in [2.75, 3.05) is 0 Å². The average Bonchev–Trinajstić information content (AvgIpc) is 2.41. The van der Waals surface area contributed by atoms with E-state index in [4.69, 9.17) is 10.00 Å². The molecular formula is C14H7BrF3NO2. The van der Waals surface area contributed by atoms with Gasteiger partial charge in [-0.2, -0.15) is 5.26 Å². The summed E-state index contributed by atoms with van der Waals surface area (Å²) >= 11 is 2.98. The zero-order chi connectivity index (χ0) is 15.5. The van der Waals surface area contributed by atoms with Gasteiger partial charge in [0.2, 0.25) is 0 Å². The molecule has 0 saturated heterocycles. The van der Waals surface area contributed by atoms with Crippen LogP contribution >= 0.6 is 15.9 Å². The van der Waals surface area contributed by atoms with Crippen molar-refractivity contribution in [3.8, 4) is 23.3 Å². The Bertz CT molecular complexity index is 695. The van der Waals surface area contributed by atoms with Crippen molar-refractivity contribution in [1.29, 1.82) is 5.26 Å². The molecule has 0 spiro atoms. The fourth-order valence-electron chi connectivity index (χ4n) is 1.52. The molecule has 0 unspecified atom stereocenters. The summed E-state index contributed by atoms with van der Waals surface area (Å²) in [5.41, 5.74) is 0.420. The van der Waals surface area contributed by atoms with Crippen molar-refractivity contribution in [3.05, 3.63) is 52.5 Å². The van der Waals surface area contributed by atoms with Crippen molar-refractivity contribution >= 4 is 15.9 Å². The van der Waals surface area contributed by atoms with Crippen LogP contribution in [0.3, 0.4) is 0 Å². The Labute approximate surface area is 126 Å². The van der Waals surface area contributed by atoms with Crippen LogP contribution in [0, 0.1) is 11.3 Å². The highest BCUT2D eigenvalue weighted by Crippen LogP contribution is 2.34. The molecule has 7 heteroatoms. The van der Waals surface area contributed by atoms with E-state index in [1.165, 1.54) is 18.2 Å². The number of halogens is 4. The zero-order valence-electron chi connectivity index (χ0n) is 10.3. The van der Waals surface area contributed by atoms with Crippen LogP contribution in [-0.4, -0.2) is 6.36 Å². The minimum atomic E-state index is -4.76. The van der Waals surface area contributed by atoms with Crippen LogP contribution in [0.4, 0.5) is 13.2 Å². The number of hydrogen-bond donors (Lipinski definition) is 0. The molecule has 3 nitrogen and oxygen atoms in total. The van der Waals surface area contributed by atoms with Crippen LogP contribution in [0.25, 0.3) is 0 Å². The summed E-state index contributed by atoms with van der Waals surface area (Å²) in [6.07, 6.45) is -4.76. The van der Waals surface area contributed by atoms with E-state index < -0.39 is 6.36 Å².